The van der Waals surface area contributed by atoms with Crippen LogP contribution in [0, 0.1) is 5.92 Å². The van der Waals surface area contributed by atoms with Crippen molar-refractivity contribution in [2.75, 3.05) is 6.61 Å². The highest BCUT2D eigenvalue weighted by Crippen LogP contribution is 2.23. The van der Waals surface area contributed by atoms with Crippen LogP contribution in [0.1, 0.15) is 41.8 Å². The number of nitrogens with zero attached hydrogens (tertiary/aromatic N) is 1. The average Bonchev–Trinajstić information content (AvgIpc) is 2.96. The average molecular weight is 284 g/mol. The molecule has 104 valence electrons. The topological polar surface area (TPSA) is 88.5 Å². The van der Waals surface area contributed by atoms with E-state index in [2.05, 4.69) is 10.3 Å². The van der Waals surface area contributed by atoms with Gasteiger partial charge < -0.3 is 15.2 Å². The second-order valence-electron chi connectivity index (χ2n) is 4.58. The molecule has 0 spiro atoms. The molecule has 1 amide bonds. The van der Waals surface area contributed by atoms with E-state index >= 15 is 0 Å². The smallest absolute Gasteiger partial charge is 0.355 e. The molecule has 2 rings (SSSR count). The number of thiazole rings is 1. The lowest BCUT2D eigenvalue weighted by atomic mass is 10.0. The number of nitrogens with one attached hydrogen (secondary N) is 1. The summed E-state index contributed by atoms with van der Waals surface area (Å²) in [4.78, 5) is 26.8. The molecule has 0 aliphatic carbocycles. The van der Waals surface area contributed by atoms with Gasteiger partial charge in [0.25, 0.3) is 0 Å². The molecule has 2 N–H and O–H groups in total. The Labute approximate surface area is 114 Å². The Hall–Kier alpha value is -1.47. The molecule has 19 heavy (non-hydrogen) atoms. The van der Waals surface area contributed by atoms with E-state index < -0.39 is 5.97 Å². The molecule has 0 aromatic carbocycles. The van der Waals surface area contributed by atoms with Crippen molar-refractivity contribution in [3.05, 3.63) is 16.1 Å². The summed E-state index contributed by atoms with van der Waals surface area (Å²) in [5.41, 5.74) is 0.0127. The zero-order valence-corrected chi connectivity index (χ0v) is 11.6. The molecule has 0 radical (unpaired) electrons. The van der Waals surface area contributed by atoms with E-state index in [0.717, 1.165) is 6.42 Å². The van der Waals surface area contributed by atoms with E-state index in [9.17, 15) is 9.59 Å². The van der Waals surface area contributed by atoms with Crippen LogP contribution in [-0.2, 0) is 9.53 Å². The predicted molar refractivity (Wildman–Crippen MR) is 69.2 cm³/mol. The quantitative estimate of drug-likeness (QED) is 0.873. The molecule has 0 saturated carbocycles. The van der Waals surface area contributed by atoms with Crippen molar-refractivity contribution >= 4 is 23.2 Å². The van der Waals surface area contributed by atoms with Crippen molar-refractivity contribution in [1.82, 2.24) is 10.3 Å². The van der Waals surface area contributed by atoms with Crippen molar-refractivity contribution in [2.24, 2.45) is 5.92 Å². The van der Waals surface area contributed by atoms with Crippen LogP contribution in [0.3, 0.4) is 0 Å². The fraction of sp³-hybridized carbons (Fsp3) is 0.583. The first-order valence-corrected chi connectivity index (χ1v) is 6.97. The van der Waals surface area contributed by atoms with Gasteiger partial charge in [0.2, 0.25) is 5.91 Å². The second-order valence-corrected chi connectivity index (χ2v) is 5.47. The van der Waals surface area contributed by atoms with E-state index in [4.69, 9.17) is 9.84 Å². The number of rotatable bonds is 4. The van der Waals surface area contributed by atoms with Gasteiger partial charge in [-0.1, -0.05) is 0 Å². The molecule has 1 aromatic rings. The van der Waals surface area contributed by atoms with Crippen molar-refractivity contribution in [2.45, 2.75) is 32.4 Å². The van der Waals surface area contributed by atoms with Crippen LogP contribution in [0.5, 0.6) is 0 Å². The maximum absolute atomic E-state index is 12.0. The number of carboxylic acid groups (broad SMARTS) is 1. The van der Waals surface area contributed by atoms with E-state index in [0.29, 0.717) is 11.6 Å². The molecule has 7 heteroatoms. The summed E-state index contributed by atoms with van der Waals surface area (Å²) >= 11 is 1.23. The standard InChI is InChI=1S/C12H16N2O4S/c1-6(11-14-9(5-19-11)12(16)17)13-10(15)8-3-4-18-7(8)2/h5-8H,3-4H2,1-2H3,(H,13,15)(H,16,17). The molecular weight excluding hydrogens is 268 g/mol. The van der Waals surface area contributed by atoms with Gasteiger partial charge in [0.1, 0.15) is 5.01 Å². The Morgan fingerprint density at radius 1 is 1.63 bits per heavy atom. The molecule has 3 unspecified atom stereocenters. The van der Waals surface area contributed by atoms with E-state index in [1.165, 1.54) is 16.7 Å². The zero-order valence-electron chi connectivity index (χ0n) is 10.8. The highest BCUT2D eigenvalue weighted by atomic mass is 32.1. The lowest BCUT2D eigenvalue weighted by Crippen LogP contribution is -2.35. The first kappa shape index (κ1) is 14.0. The van der Waals surface area contributed by atoms with Gasteiger partial charge in [0, 0.05) is 12.0 Å². The van der Waals surface area contributed by atoms with Crippen LogP contribution >= 0.6 is 11.3 Å². The number of hydrogen-bond donors (Lipinski definition) is 2. The number of carboxylic acids is 1. The van der Waals surface area contributed by atoms with Crippen LogP contribution in [0.15, 0.2) is 5.38 Å². The Morgan fingerprint density at radius 2 is 2.37 bits per heavy atom. The number of ether oxygens (including phenoxy) is 1. The van der Waals surface area contributed by atoms with Crippen molar-refractivity contribution in [3.8, 4) is 0 Å². The van der Waals surface area contributed by atoms with Gasteiger partial charge in [-0.15, -0.1) is 11.3 Å². The molecule has 6 nitrogen and oxygen atoms in total. The molecule has 3 atom stereocenters. The van der Waals surface area contributed by atoms with Gasteiger partial charge in [-0.2, -0.15) is 0 Å². The SMILES string of the molecule is CC(NC(=O)C1CCOC1C)c1nc(C(=O)O)cs1. The number of aromatic carboxylic acids is 1. The third-order valence-corrected chi connectivity index (χ3v) is 4.21. The Kier molecular flexibility index (Phi) is 4.16. The number of carbonyl (C=O) groups excluding carboxylic acids is 1. The second kappa shape index (κ2) is 5.66. The first-order chi connectivity index (χ1) is 8.99. The van der Waals surface area contributed by atoms with Gasteiger partial charge in [-0.3, -0.25) is 4.79 Å². The van der Waals surface area contributed by atoms with Gasteiger partial charge in [-0.05, 0) is 20.3 Å². The minimum Gasteiger partial charge on any atom is -0.476 e. The minimum absolute atomic E-state index is 0.0127. The third-order valence-electron chi connectivity index (χ3n) is 3.18. The molecule has 1 aliphatic heterocycles. The van der Waals surface area contributed by atoms with Crippen molar-refractivity contribution in [1.29, 1.82) is 0 Å². The number of amides is 1. The molecule has 0 bridgehead atoms. The summed E-state index contributed by atoms with van der Waals surface area (Å²) in [6, 6.07) is -0.293. The summed E-state index contributed by atoms with van der Waals surface area (Å²) < 4.78 is 5.36. The molecule has 1 fully saturated rings. The lowest BCUT2D eigenvalue weighted by Gasteiger charge is -2.17. The highest BCUT2D eigenvalue weighted by molar-refractivity contribution is 7.09. The van der Waals surface area contributed by atoms with Gasteiger partial charge in [0.15, 0.2) is 5.69 Å². The van der Waals surface area contributed by atoms with Crippen LogP contribution < -0.4 is 5.32 Å². The zero-order chi connectivity index (χ0) is 14.0. The molecule has 1 saturated heterocycles. The Morgan fingerprint density at radius 3 is 2.89 bits per heavy atom. The van der Waals surface area contributed by atoms with Gasteiger partial charge in [0.05, 0.1) is 18.1 Å². The maximum atomic E-state index is 12.0. The summed E-state index contributed by atoms with van der Waals surface area (Å²) in [6.07, 6.45) is 0.649. The van der Waals surface area contributed by atoms with Crippen molar-refractivity contribution in [3.63, 3.8) is 0 Å². The monoisotopic (exact) mass is 284 g/mol. The first-order valence-electron chi connectivity index (χ1n) is 6.09. The molecular formula is C12H16N2O4S. The van der Waals surface area contributed by atoms with Gasteiger partial charge in [-0.25, -0.2) is 9.78 Å². The largest absolute Gasteiger partial charge is 0.476 e. The summed E-state index contributed by atoms with van der Waals surface area (Å²) in [7, 11) is 0. The summed E-state index contributed by atoms with van der Waals surface area (Å²) in [6.45, 7) is 4.28. The fourth-order valence-corrected chi connectivity index (χ4v) is 2.84. The van der Waals surface area contributed by atoms with Crippen LogP contribution in [0.4, 0.5) is 0 Å². The molecule has 2 heterocycles. The predicted octanol–water partition coefficient (Wildman–Crippen LogP) is 1.44. The normalized spacial score (nSPS) is 24.1. The number of hydrogen-bond acceptors (Lipinski definition) is 5. The highest BCUT2D eigenvalue weighted by Gasteiger charge is 2.31. The van der Waals surface area contributed by atoms with E-state index in [1.54, 1.807) is 6.92 Å². The van der Waals surface area contributed by atoms with E-state index in [-0.39, 0.29) is 29.7 Å². The Balaban J connectivity index is 1.98. The third kappa shape index (κ3) is 3.10. The van der Waals surface area contributed by atoms with Gasteiger partial charge >= 0.3 is 5.97 Å². The minimum atomic E-state index is -1.06. The number of carbonyl (C=O) groups is 2. The Bertz CT molecular complexity index is 488. The van der Waals surface area contributed by atoms with Crippen LogP contribution in [-0.4, -0.2) is 34.7 Å². The van der Waals surface area contributed by atoms with Crippen LogP contribution in [0.25, 0.3) is 0 Å². The van der Waals surface area contributed by atoms with Crippen molar-refractivity contribution < 1.29 is 19.4 Å². The number of aromatic nitrogens is 1. The summed E-state index contributed by atoms with van der Waals surface area (Å²) in [5, 5.41) is 13.7. The molecule has 1 aromatic heterocycles. The lowest BCUT2D eigenvalue weighted by molar-refractivity contribution is -0.127. The summed E-state index contributed by atoms with van der Waals surface area (Å²) in [5.74, 6) is -1.26. The fourth-order valence-electron chi connectivity index (χ4n) is 2.04. The van der Waals surface area contributed by atoms with Crippen LogP contribution in [0.2, 0.25) is 0 Å². The molecule has 1 aliphatic rings. The van der Waals surface area contributed by atoms with E-state index in [1.807, 2.05) is 6.92 Å². The maximum Gasteiger partial charge on any atom is 0.355 e.